The van der Waals surface area contributed by atoms with E-state index in [0.717, 1.165) is 24.3 Å². The van der Waals surface area contributed by atoms with Gasteiger partial charge in [-0.15, -0.1) is 0 Å². The summed E-state index contributed by atoms with van der Waals surface area (Å²) < 4.78 is 10.8. The third kappa shape index (κ3) is 4.10. The van der Waals surface area contributed by atoms with Crippen LogP contribution in [0.5, 0.6) is 34.5 Å². The number of aromatic hydroxyl groups is 4. The molecular formula is C24H16O8. The van der Waals surface area contributed by atoms with Crippen molar-refractivity contribution in [3.63, 3.8) is 0 Å². The Labute approximate surface area is 181 Å². The Hall–Kier alpha value is -4.72. The van der Waals surface area contributed by atoms with Crippen LogP contribution in [0.2, 0.25) is 0 Å². The molecule has 0 saturated heterocycles. The number of fused-ring (bicyclic) bond motifs is 1. The lowest BCUT2D eigenvalue weighted by atomic mass is 10.1. The quantitative estimate of drug-likeness (QED) is 0.215. The zero-order chi connectivity index (χ0) is 22.8. The van der Waals surface area contributed by atoms with Crippen molar-refractivity contribution in [2.24, 2.45) is 0 Å². The van der Waals surface area contributed by atoms with Crippen molar-refractivity contribution in [1.29, 1.82) is 0 Å². The molecule has 8 nitrogen and oxygen atoms in total. The Morgan fingerprint density at radius 1 is 0.594 bits per heavy atom. The topological polar surface area (TPSA) is 134 Å². The van der Waals surface area contributed by atoms with E-state index in [1.54, 1.807) is 30.3 Å². The minimum atomic E-state index is -0.795. The maximum absolute atomic E-state index is 12.6. The normalized spacial score (nSPS) is 10.6. The highest BCUT2D eigenvalue weighted by atomic mass is 16.5. The van der Waals surface area contributed by atoms with Gasteiger partial charge in [0.25, 0.3) is 0 Å². The van der Waals surface area contributed by atoms with Crippen molar-refractivity contribution in [2.45, 2.75) is 0 Å². The molecule has 0 spiro atoms. The van der Waals surface area contributed by atoms with Gasteiger partial charge >= 0.3 is 11.9 Å². The molecule has 4 aromatic rings. The number of hydrogen-bond donors (Lipinski definition) is 4. The van der Waals surface area contributed by atoms with Gasteiger partial charge in [0.2, 0.25) is 0 Å². The standard InChI is InChI=1S/C24H16O8/c25-18-7-5-14(10-20(18)27)23(29)31-16-9-13-3-1-2-4-17(13)22(12-16)32-24(30)15-6-8-19(26)21(28)11-15/h1-12,25-28H. The summed E-state index contributed by atoms with van der Waals surface area (Å²) in [6.07, 6.45) is 0. The molecule has 0 aliphatic heterocycles. The zero-order valence-electron chi connectivity index (χ0n) is 16.4. The van der Waals surface area contributed by atoms with E-state index in [-0.39, 0.29) is 34.1 Å². The molecule has 4 N–H and O–H groups in total. The number of esters is 2. The average molecular weight is 432 g/mol. The van der Waals surface area contributed by atoms with E-state index in [4.69, 9.17) is 9.47 Å². The summed E-state index contributed by atoms with van der Waals surface area (Å²) in [5.41, 5.74) is 0.0120. The van der Waals surface area contributed by atoms with Crippen LogP contribution < -0.4 is 9.47 Å². The van der Waals surface area contributed by atoms with E-state index in [0.29, 0.717) is 10.8 Å². The summed E-state index contributed by atoms with van der Waals surface area (Å²) in [5.74, 6) is -3.08. The van der Waals surface area contributed by atoms with Crippen molar-refractivity contribution < 1.29 is 39.5 Å². The lowest BCUT2D eigenvalue weighted by Gasteiger charge is -2.12. The highest BCUT2D eigenvalue weighted by Crippen LogP contribution is 2.33. The SMILES string of the molecule is O=C(Oc1cc(OC(=O)c2ccc(O)c(O)c2)c2ccccc2c1)c1ccc(O)c(O)c1. The van der Waals surface area contributed by atoms with Crippen LogP contribution in [-0.2, 0) is 0 Å². The molecule has 4 aromatic carbocycles. The summed E-state index contributed by atoms with van der Waals surface area (Å²) in [7, 11) is 0. The predicted molar refractivity (Wildman–Crippen MR) is 113 cm³/mol. The largest absolute Gasteiger partial charge is 0.504 e. The van der Waals surface area contributed by atoms with Gasteiger partial charge in [0.1, 0.15) is 11.5 Å². The summed E-state index contributed by atoms with van der Waals surface area (Å²) in [6.45, 7) is 0. The first kappa shape index (κ1) is 20.5. The molecule has 0 aliphatic carbocycles. The molecule has 0 unspecified atom stereocenters. The van der Waals surface area contributed by atoms with Gasteiger partial charge in [0.05, 0.1) is 11.1 Å². The highest BCUT2D eigenvalue weighted by Gasteiger charge is 2.17. The molecule has 32 heavy (non-hydrogen) atoms. The van der Waals surface area contributed by atoms with E-state index in [2.05, 4.69) is 0 Å². The fourth-order valence-corrected chi connectivity index (χ4v) is 3.02. The predicted octanol–water partition coefficient (Wildman–Crippen LogP) is 4.10. The summed E-state index contributed by atoms with van der Waals surface area (Å²) in [6, 6.07) is 16.9. The second-order valence-corrected chi connectivity index (χ2v) is 6.83. The zero-order valence-corrected chi connectivity index (χ0v) is 16.4. The van der Waals surface area contributed by atoms with E-state index >= 15 is 0 Å². The molecule has 4 rings (SSSR count). The lowest BCUT2D eigenvalue weighted by Crippen LogP contribution is -2.10. The third-order valence-electron chi connectivity index (χ3n) is 4.63. The Morgan fingerprint density at radius 2 is 1.16 bits per heavy atom. The van der Waals surface area contributed by atoms with E-state index in [1.165, 1.54) is 18.2 Å². The molecule has 0 aliphatic rings. The number of ether oxygens (including phenoxy) is 2. The number of rotatable bonds is 4. The molecule has 0 bridgehead atoms. The number of carbonyl (C=O) groups is 2. The number of phenols is 4. The van der Waals surface area contributed by atoms with Crippen LogP contribution in [0.3, 0.4) is 0 Å². The highest BCUT2D eigenvalue weighted by molar-refractivity contribution is 5.97. The lowest BCUT2D eigenvalue weighted by molar-refractivity contribution is 0.0733. The van der Waals surface area contributed by atoms with Crippen LogP contribution >= 0.6 is 0 Å². The van der Waals surface area contributed by atoms with Crippen molar-refractivity contribution in [2.75, 3.05) is 0 Å². The van der Waals surface area contributed by atoms with E-state index in [9.17, 15) is 30.0 Å². The van der Waals surface area contributed by atoms with Gasteiger partial charge in [-0.25, -0.2) is 9.59 Å². The molecule has 0 fully saturated rings. The van der Waals surface area contributed by atoms with Crippen molar-refractivity contribution in [3.8, 4) is 34.5 Å². The molecule has 0 saturated carbocycles. The monoisotopic (exact) mass is 432 g/mol. The number of hydrogen-bond acceptors (Lipinski definition) is 8. The van der Waals surface area contributed by atoms with Gasteiger partial charge in [-0.3, -0.25) is 0 Å². The molecule has 0 heterocycles. The smallest absolute Gasteiger partial charge is 0.343 e. The van der Waals surface area contributed by atoms with Crippen LogP contribution in [0.4, 0.5) is 0 Å². The first-order valence-corrected chi connectivity index (χ1v) is 9.33. The van der Waals surface area contributed by atoms with Gasteiger partial charge in [-0.1, -0.05) is 24.3 Å². The van der Waals surface area contributed by atoms with Crippen LogP contribution in [-0.4, -0.2) is 32.4 Å². The van der Waals surface area contributed by atoms with Crippen LogP contribution in [0, 0.1) is 0 Å². The van der Waals surface area contributed by atoms with Gasteiger partial charge < -0.3 is 29.9 Å². The Kier molecular flexibility index (Phi) is 5.26. The number of phenolic OH excluding ortho intramolecular Hbond substituents is 4. The van der Waals surface area contributed by atoms with Gasteiger partial charge in [0.15, 0.2) is 23.0 Å². The molecule has 160 valence electrons. The maximum Gasteiger partial charge on any atom is 0.343 e. The summed E-state index contributed by atoms with van der Waals surface area (Å²) in [4.78, 5) is 25.0. The Bertz CT molecular complexity index is 1360. The third-order valence-corrected chi connectivity index (χ3v) is 4.63. The Balaban J connectivity index is 1.66. The van der Waals surface area contributed by atoms with Crippen molar-refractivity contribution in [3.05, 3.63) is 83.9 Å². The fraction of sp³-hybridized carbons (Fsp3) is 0. The Morgan fingerprint density at radius 3 is 1.75 bits per heavy atom. The molecule has 0 atom stereocenters. The molecule has 0 amide bonds. The van der Waals surface area contributed by atoms with Gasteiger partial charge in [-0.2, -0.15) is 0 Å². The first-order chi connectivity index (χ1) is 15.3. The molecule has 0 radical (unpaired) electrons. The minimum Gasteiger partial charge on any atom is -0.504 e. The first-order valence-electron chi connectivity index (χ1n) is 9.33. The summed E-state index contributed by atoms with van der Waals surface area (Å²) >= 11 is 0. The molecule has 0 aromatic heterocycles. The van der Waals surface area contributed by atoms with Crippen LogP contribution in [0.25, 0.3) is 10.8 Å². The average Bonchev–Trinajstić information content (AvgIpc) is 2.77. The van der Waals surface area contributed by atoms with Crippen LogP contribution in [0.1, 0.15) is 20.7 Å². The molecule has 8 heteroatoms. The van der Waals surface area contributed by atoms with E-state index in [1.807, 2.05) is 0 Å². The fourth-order valence-electron chi connectivity index (χ4n) is 3.02. The van der Waals surface area contributed by atoms with Crippen molar-refractivity contribution >= 4 is 22.7 Å². The van der Waals surface area contributed by atoms with Gasteiger partial charge in [0, 0.05) is 11.5 Å². The molecular weight excluding hydrogens is 416 g/mol. The second-order valence-electron chi connectivity index (χ2n) is 6.83. The van der Waals surface area contributed by atoms with Gasteiger partial charge in [-0.05, 0) is 47.9 Å². The number of carbonyl (C=O) groups excluding carboxylic acids is 2. The van der Waals surface area contributed by atoms with Crippen LogP contribution in [0.15, 0.2) is 72.8 Å². The minimum absolute atomic E-state index is 0.00588. The number of benzene rings is 4. The van der Waals surface area contributed by atoms with E-state index < -0.39 is 23.4 Å². The summed E-state index contributed by atoms with van der Waals surface area (Å²) in [5, 5.41) is 39.2. The van der Waals surface area contributed by atoms with Crippen molar-refractivity contribution in [1.82, 2.24) is 0 Å². The maximum atomic E-state index is 12.6. The second kappa shape index (κ2) is 8.19.